The summed E-state index contributed by atoms with van der Waals surface area (Å²) in [5.41, 5.74) is 8.25. The summed E-state index contributed by atoms with van der Waals surface area (Å²) in [6.45, 7) is 2.15. The summed E-state index contributed by atoms with van der Waals surface area (Å²) >= 11 is 1.46. The fourth-order valence-electron chi connectivity index (χ4n) is 2.65. The van der Waals surface area contributed by atoms with Crippen molar-refractivity contribution in [3.05, 3.63) is 39.3 Å². The zero-order valence-electron chi connectivity index (χ0n) is 13.7. The number of anilines is 1. The van der Waals surface area contributed by atoms with Crippen LogP contribution in [-0.4, -0.2) is 36.5 Å². The molecule has 0 fully saturated rings. The largest absolute Gasteiger partial charge is 0.495 e. The minimum Gasteiger partial charge on any atom is -0.495 e. The molecule has 3 rings (SSSR count). The lowest BCUT2D eigenvalue weighted by Crippen LogP contribution is -2.25. The molecule has 2 heterocycles. The van der Waals surface area contributed by atoms with E-state index in [-0.39, 0.29) is 18.3 Å². The third-order valence-electron chi connectivity index (χ3n) is 3.91. The molecule has 0 aliphatic carbocycles. The third-order valence-corrected chi connectivity index (χ3v) is 4.99. The van der Waals surface area contributed by atoms with E-state index in [4.69, 9.17) is 10.5 Å². The number of aromatic nitrogens is 1. The number of amides is 1. The number of benzene rings is 1. The van der Waals surface area contributed by atoms with Crippen molar-refractivity contribution in [2.75, 3.05) is 26.0 Å². The van der Waals surface area contributed by atoms with Gasteiger partial charge in [-0.1, -0.05) is 12.1 Å². The summed E-state index contributed by atoms with van der Waals surface area (Å²) < 4.78 is 5.33. The zero-order valence-corrected chi connectivity index (χ0v) is 15.3. The number of likely N-dealkylation sites (N-methyl/N-ethyl adjacent to an activating group) is 1. The van der Waals surface area contributed by atoms with Gasteiger partial charge in [-0.2, -0.15) is 0 Å². The summed E-state index contributed by atoms with van der Waals surface area (Å²) in [5, 5.41) is 3.39. The first-order valence-corrected chi connectivity index (χ1v) is 8.28. The van der Waals surface area contributed by atoms with Gasteiger partial charge in [-0.05, 0) is 18.7 Å². The molecule has 130 valence electrons. The van der Waals surface area contributed by atoms with Crippen LogP contribution >= 0.6 is 23.7 Å². The molecule has 8 heteroatoms. The summed E-state index contributed by atoms with van der Waals surface area (Å²) in [6, 6.07) is 5.53. The lowest BCUT2D eigenvalue weighted by atomic mass is 10.1. The Labute approximate surface area is 151 Å². The smallest absolute Gasteiger partial charge is 0.284 e. The summed E-state index contributed by atoms with van der Waals surface area (Å²) in [6.07, 6.45) is 0.887. The molecule has 0 bridgehead atoms. The molecule has 1 aromatic heterocycles. The number of methoxy groups -OCH3 is 1. The van der Waals surface area contributed by atoms with Crippen LogP contribution in [0.5, 0.6) is 5.75 Å². The Morgan fingerprint density at radius 1 is 1.50 bits per heavy atom. The Morgan fingerprint density at radius 3 is 3.00 bits per heavy atom. The van der Waals surface area contributed by atoms with Crippen molar-refractivity contribution in [2.45, 2.75) is 19.5 Å². The van der Waals surface area contributed by atoms with Gasteiger partial charge in [-0.15, -0.1) is 23.7 Å². The monoisotopic (exact) mass is 368 g/mol. The highest BCUT2D eigenvalue weighted by Gasteiger charge is 2.22. The van der Waals surface area contributed by atoms with Gasteiger partial charge in [-0.25, -0.2) is 4.98 Å². The van der Waals surface area contributed by atoms with Gasteiger partial charge in [0.15, 0.2) is 5.01 Å². The minimum atomic E-state index is -0.216. The molecule has 1 aromatic carbocycles. The van der Waals surface area contributed by atoms with Crippen LogP contribution in [0.4, 0.5) is 5.69 Å². The number of para-hydroxylation sites is 1. The number of halogens is 1. The Hall–Kier alpha value is -1.67. The van der Waals surface area contributed by atoms with E-state index < -0.39 is 0 Å². The molecule has 2 aromatic rings. The molecular weight excluding hydrogens is 348 g/mol. The van der Waals surface area contributed by atoms with Crippen LogP contribution in [-0.2, 0) is 19.5 Å². The first-order chi connectivity index (χ1) is 11.1. The SMILES string of the molecule is COc1cccc(CN)c1NC(=O)c1nc2c(s1)CN(C)CC2.Cl. The van der Waals surface area contributed by atoms with Crippen LogP contribution in [0.25, 0.3) is 0 Å². The number of ether oxygens (including phenoxy) is 1. The number of nitrogens with two attached hydrogens (primary N) is 1. The second kappa shape index (κ2) is 7.94. The van der Waals surface area contributed by atoms with Gasteiger partial charge in [0.1, 0.15) is 5.75 Å². The first kappa shape index (κ1) is 18.7. The van der Waals surface area contributed by atoms with Gasteiger partial charge in [0.25, 0.3) is 5.91 Å². The molecule has 1 aliphatic rings. The van der Waals surface area contributed by atoms with Crippen molar-refractivity contribution >= 4 is 35.3 Å². The fourth-order valence-corrected chi connectivity index (χ4v) is 3.73. The molecule has 0 radical (unpaired) electrons. The van der Waals surface area contributed by atoms with E-state index >= 15 is 0 Å². The first-order valence-electron chi connectivity index (χ1n) is 7.46. The number of carbonyl (C=O) groups excluding carboxylic acids is 1. The minimum absolute atomic E-state index is 0. The molecule has 0 atom stereocenters. The molecule has 0 saturated carbocycles. The molecule has 1 amide bonds. The van der Waals surface area contributed by atoms with Crippen LogP contribution in [0.3, 0.4) is 0 Å². The average molecular weight is 369 g/mol. The van der Waals surface area contributed by atoms with Gasteiger partial charge in [0.2, 0.25) is 0 Å². The summed E-state index contributed by atoms with van der Waals surface area (Å²) in [7, 11) is 3.65. The Balaban J connectivity index is 0.00000208. The highest BCUT2D eigenvalue weighted by Crippen LogP contribution is 2.30. The van der Waals surface area contributed by atoms with Crippen molar-refractivity contribution in [2.24, 2.45) is 5.73 Å². The van der Waals surface area contributed by atoms with Crippen LogP contribution in [0.1, 0.15) is 25.9 Å². The Bertz CT molecular complexity index is 713. The maximum Gasteiger partial charge on any atom is 0.284 e. The number of rotatable bonds is 4. The highest BCUT2D eigenvalue weighted by atomic mass is 35.5. The van der Waals surface area contributed by atoms with Crippen LogP contribution in [0.2, 0.25) is 0 Å². The number of nitrogens with one attached hydrogen (secondary N) is 1. The van der Waals surface area contributed by atoms with E-state index in [1.807, 2.05) is 12.1 Å². The second-order valence-corrected chi connectivity index (χ2v) is 6.61. The van der Waals surface area contributed by atoms with Crippen LogP contribution < -0.4 is 15.8 Å². The van der Waals surface area contributed by atoms with Gasteiger partial charge in [0.05, 0.1) is 18.5 Å². The maximum absolute atomic E-state index is 12.6. The van der Waals surface area contributed by atoms with Crippen LogP contribution in [0.15, 0.2) is 18.2 Å². The van der Waals surface area contributed by atoms with Crippen molar-refractivity contribution in [1.82, 2.24) is 9.88 Å². The quantitative estimate of drug-likeness (QED) is 0.865. The predicted molar refractivity (Wildman–Crippen MR) is 98.2 cm³/mol. The number of thiazole rings is 1. The van der Waals surface area contributed by atoms with Crippen molar-refractivity contribution in [3.63, 3.8) is 0 Å². The van der Waals surface area contributed by atoms with Gasteiger partial charge < -0.3 is 20.7 Å². The molecule has 3 N–H and O–H groups in total. The molecule has 0 unspecified atom stereocenters. The number of nitrogens with zero attached hydrogens (tertiary/aromatic N) is 2. The van der Waals surface area contributed by atoms with Crippen molar-refractivity contribution in [1.29, 1.82) is 0 Å². The molecule has 0 saturated heterocycles. The molecule has 24 heavy (non-hydrogen) atoms. The maximum atomic E-state index is 12.6. The van der Waals surface area contributed by atoms with E-state index in [9.17, 15) is 4.79 Å². The molecule has 1 aliphatic heterocycles. The Morgan fingerprint density at radius 2 is 2.29 bits per heavy atom. The third kappa shape index (κ3) is 3.70. The van der Waals surface area contributed by atoms with Crippen molar-refractivity contribution < 1.29 is 9.53 Å². The predicted octanol–water partition coefficient (Wildman–Crippen LogP) is 2.27. The van der Waals surface area contributed by atoms with Gasteiger partial charge in [-0.3, -0.25) is 4.79 Å². The van der Waals surface area contributed by atoms with E-state index in [0.717, 1.165) is 30.8 Å². The fraction of sp³-hybridized carbons (Fsp3) is 0.375. The second-order valence-electron chi connectivity index (χ2n) is 5.53. The lowest BCUT2D eigenvalue weighted by Gasteiger charge is -2.20. The van der Waals surface area contributed by atoms with E-state index in [1.165, 1.54) is 16.2 Å². The van der Waals surface area contributed by atoms with Crippen LogP contribution in [0, 0.1) is 0 Å². The lowest BCUT2D eigenvalue weighted by molar-refractivity contribution is 0.102. The van der Waals surface area contributed by atoms with Gasteiger partial charge in [0, 0.05) is 30.9 Å². The van der Waals surface area contributed by atoms with E-state index in [2.05, 4.69) is 22.2 Å². The average Bonchev–Trinajstić information content (AvgIpc) is 2.98. The van der Waals surface area contributed by atoms with E-state index in [0.29, 0.717) is 23.0 Å². The van der Waals surface area contributed by atoms with Crippen molar-refractivity contribution in [3.8, 4) is 5.75 Å². The molecule has 0 spiro atoms. The zero-order chi connectivity index (χ0) is 16.4. The number of carbonyl (C=O) groups is 1. The summed E-state index contributed by atoms with van der Waals surface area (Å²) in [4.78, 5) is 20.5. The highest BCUT2D eigenvalue weighted by molar-refractivity contribution is 7.13. The number of fused-ring (bicyclic) bond motifs is 1. The molecular formula is C16H21ClN4O2S. The topological polar surface area (TPSA) is 80.5 Å². The summed E-state index contributed by atoms with van der Waals surface area (Å²) in [5.74, 6) is 0.383. The molecule has 6 nitrogen and oxygen atoms in total. The normalized spacial score (nSPS) is 13.8. The van der Waals surface area contributed by atoms with Gasteiger partial charge >= 0.3 is 0 Å². The Kier molecular flexibility index (Phi) is 6.17. The number of hydrogen-bond acceptors (Lipinski definition) is 6. The number of hydrogen-bond donors (Lipinski definition) is 2. The van der Waals surface area contributed by atoms with E-state index in [1.54, 1.807) is 13.2 Å². The standard InChI is InChI=1S/C16H20N4O2S.ClH/c1-20-7-6-11-13(9-20)23-16(18-11)15(21)19-14-10(8-17)4-3-5-12(14)22-2;/h3-5H,6-9,17H2,1-2H3,(H,19,21);1H.